The molecule has 0 saturated heterocycles. The second-order valence-electron chi connectivity index (χ2n) is 3.87. The molecule has 0 aliphatic heterocycles. The van der Waals surface area contributed by atoms with Gasteiger partial charge in [0, 0.05) is 32.8 Å². The number of rotatable bonds is 6. The molecule has 0 bridgehead atoms. The first-order chi connectivity index (χ1) is 8.57. The zero-order valence-corrected chi connectivity index (χ0v) is 13.7. The fraction of sp³-hybridized carbons (Fsp3) is 0.385. The minimum atomic E-state index is -0.616. The van der Waals surface area contributed by atoms with Crippen molar-refractivity contribution in [2.45, 2.75) is 19.9 Å². The Morgan fingerprint density at radius 2 is 1.95 bits per heavy atom. The van der Waals surface area contributed by atoms with Gasteiger partial charge >= 0.3 is 0 Å². The molecule has 0 saturated carbocycles. The third kappa shape index (κ3) is 7.45. The molecule has 1 N–H and O–H groups in total. The van der Waals surface area contributed by atoms with Crippen LogP contribution >= 0.6 is 0 Å². The molecule has 0 amide bonds. The van der Waals surface area contributed by atoms with Crippen molar-refractivity contribution in [2.75, 3.05) is 13.2 Å². The summed E-state index contributed by atoms with van der Waals surface area (Å²) in [6.07, 6.45) is 1.58. The standard InChI is InChI=1S/C13H17N2O3.Mo.2O/c1-9(17)12(10(2)18)13(15-7-8-16)11-5-3-4-6-14-11;;;/h3-6,13,15,17H,7-8H2,1-2H3;;;/q-1;;2*-2/p-1/b12-9-;;;/t13-;;;/m0.../s1. The van der Waals surface area contributed by atoms with Crippen LogP contribution in [0.1, 0.15) is 25.6 Å². The number of carbonyl (C=O) groups is 1. The molecule has 21 heavy (non-hydrogen) atoms. The van der Waals surface area contributed by atoms with Gasteiger partial charge in [-0.2, -0.15) is 0 Å². The summed E-state index contributed by atoms with van der Waals surface area (Å²) in [5, 5.41) is 25.0. The molecule has 0 spiro atoms. The van der Waals surface area contributed by atoms with Crippen molar-refractivity contribution in [2.24, 2.45) is 0 Å². The number of nitrogens with one attached hydrogen (secondary N) is 1. The van der Waals surface area contributed by atoms with E-state index in [-0.39, 0.29) is 62.3 Å². The van der Waals surface area contributed by atoms with E-state index in [1.54, 1.807) is 24.4 Å². The summed E-state index contributed by atoms with van der Waals surface area (Å²) in [5.41, 5.74) is 0.688. The van der Waals surface area contributed by atoms with Crippen LogP contribution in [-0.4, -0.2) is 23.9 Å². The van der Waals surface area contributed by atoms with E-state index < -0.39 is 6.04 Å². The molecule has 0 unspecified atom stereocenters. The SMILES string of the molecule is CC(=O)/C(=C(\C)[O-])[C@@H](NCC[O-])c1ccccn1.[Mo].[O-2].[O-2]. The summed E-state index contributed by atoms with van der Waals surface area (Å²) in [7, 11) is 0. The maximum atomic E-state index is 11.6. The van der Waals surface area contributed by atoms with Crippen molar-refractivity contribution >= 4 is 5.78 Å². The van der Waals surface area contributed by atoms with Crippen LogP contribution in [0.5, 0.6) is 0 Å². The Morgan fingerprint density at radius 3 is 2.33 bits per heavy atom. The number of ketones is 1. The van der Waals surface area contributed by atoms with Crippen molar-refractivity contribution in [3.8, 4) is 0 Å². The van der Waals surface area contributed by atoms with Gasteiger partial charge < -0.3 is 26.5 Å². The summed E-state index contributed by atoms with van der Waals surface area (Å²) in [5.74, 6) is -0.617. The van der Waals surface area contributed by atoms with E-state index in [9.17, 15) is 15.0 Å². The molecule has 1 rings (SSSR count). The number of pyridine rings is 1. The van der Waals surface area contributed by atoms with Gasteiger partial charge in [0.05, 0.1) is 11.7 Å². The summed E-state index contributed by atoms with van der Waals surface area (Å²) < 4.78 is 0. The first-order valence-electron chi connectivity index (χ1n) is 5.69. The predicted molar refractivity (Wildman–Crippen MR) is 64.6 cm³/mol. The van der Waals surface area contributed by atoms with Crippen LogP contribution < -0.4 is 15.5 Å². The summed E-state index contributed by atoms with van der Waals surface area (Å²) in [6.45, 7) is 2.52. The molecule has 0 aliphatic carbocycles. The van der Waals surface area contributed by atoms with Crippen molar-refractivity contribution in [3.63, 3.8) is 0 Å². The van der Waals surface area contributed by atoms with Crippen LogP contribution in [0.3, 0.4) is 0 Å². The zero-order chi connectivity index (χ0) is 13.5. The average molecular weight is 376 g/mol. The molecule has 1 heterocycles. The number of Topliss-reactive ketones (excluding diaryl/α,β-unsaturated/α-hetero) is 1. The molecule has 0 radical (unpaired) electrons. The number of hydrogen-bond acceptors (Lipinski definition) is 5. The van der Waals surface area contributed by atoms with Crippen LogP contribution in [0.2, 0.25) is 0 Å². The summed E-state index contributed by atoms with van der Waals surface area (Å²) in [4.78, 5) is 15.7. The van der Waals surface area contributed by atoms with Crippen LogP contribution in [0.15, 0.2) is 35.7 Å². The monoisotopic (exact) mass is 378 g/mol. The molecule has 1 atom stereocenters. The van der Waals surface area contributed by atoms with Crippen LogP contribution in [0, 0.1) is 0 Å². The zero-order valence-electron chi connectivity index (χ0n) is 11.7. The van der Waals surface area contributed by atoms with E-state index in [0.29, 0.717) is 5.69 Å². The largest absolute Gasteiger partial charge is 2.00 e. The average Bonchev–Trinajstić information content (AvgIpc) is 2.34. The fourth-order valence-corrected chi connectivity index (χ4v) is 1.76. The van der Waals surface area contributed by atoms with Gasteiger partial charge in [0.2, 0.25) is 0 Å². The van der Waals surface area contributed by atoms with Crippen molar-refractivity contribution in [3.05, 3.63) is 41.4 Å². The molecule has 120 valence electrons. The van der Waals surface area contributed by atoms with Gasteiger partial charge in [-0.15, -0.1) is 12.4 Å². The minimum absolute atomic E-state index is 0. The van der Waals surface area contributed by atoms with E-state index in [0.717, 1.165) is 0 Å². The third-order valence-electron chi connectivity index (χ3n) is 2.48. The van der Waals surface area contributed by atoms with Gasteiger partial charge in [-0.05, 0) is 25.6 Å². The maximum Gasteiger partial charge on any atom is 0.156 e. The van der Waals surface area contributed by atoms with E-state index in [1.807, 2.05) is 0 Å². The Kier molecular flexibility index (Phi) is 14.9. The molecular formula is C13H16MoN2O5-6. The van der Waals surface area contributed by atoms with E-state index in [2.05, 4.69) is 10.3 Å². The van der Waals surface area contributed by atoms with Gasteiger partial charge in [-0.25, -0.2) is 0 Å². The Bertz CT molecular complexity index is 435. The first-order valence-corrected chi connectivity index (χ1v) is 5.69. The van der Waals surface area contributed by atoms with Crippen LogP contribution in [-0.2, 0) is 36.8 Å². The fourth-order valence-electron chi connectivity index (χ4n) is 1.76. The van der Waals surface area contributed by atoms with Crippen molar-refractivity contribution < 1.29 is 47.0 Å². The number of allylic oxidation sites excluding steroid dienone is 1. The Morgan fingerprint density at radius 1 is 1.33 bits per heavy atom. The number of nitrogens with zero attached hydrogens (tertiary/aromatic N) is 1. The molecule has 0 fully saturated rings. The van der Waals surface area contributed by atoms with E-state index >= 15 is 0 Å². The van der Waals surface area contributed by atoms with E-state index in [4.69, 9.17) is 0 Å². The maximum absolute atomic E-state index is 11.6. The first kappa shape index (κ1) is 24.9. The second-order valence-corrected chi connectivity index (χ2v) is 3.87. The van der Waals surface area contributed by atoms with Gasteiger partial charge in [0.1, 0.15) is 0 Å². The van der Waals surface area contributed by atoms with Crippen molar-refractivity contribution in [1.82, 2.24) is 10.3 Å². The molecule has 1 aromatic heterocycles. The quantitative estimate of drug-likeness (QED) is 0.387. The summed E-state index contributed by atoms with van der Waals surface area (Å²) in [6, 6.07) is 4.62. The second kappa shape index (κ2) is 12.6. The van der Waals surface area contributed by atoms with E-state index in [1.165, 1.54) is 13.8 Å². The Balaban J connectivity index is -0.00000108. The molecular weight excluding hydrogens is 360 g/mol. The molecule has 1 aromatic rings. The normalized spacial score (nSPS) is 12.0. The van der Waals surface area contributed by atoms with Crippen molar-refractivity contribution in [1.29, 1.82) is 0 Å². The smallest absolute Gasteiger partial charge is 0.156 e. The Labute approximate surface area is 138 Å². The van der Waals surface area contributed by atoms with Gasteiger partial charge in [0.25, 0.3) is 0 Å². The number of carbonyl (C=O) groups excluding carboxylic acids is 1. The van der Waals surface area contributed by atoms with Gasteiger partial charge in [-0.3, -0.25) is 9.78 Å². The third-order valence-corrected chi connectivity index (χ3v) is 2.48. The van der Waals surface area contributed by atoms with Crippen LogP contribution in [0.25, 0.3) is 0 Å². The topological polar surface area (TPSA) is 145 Å². The molecule has 8 heteroatoms. The molecule has 0 aliphatic rings. The van der Waals surface area contributed by atoms with Crippen LogP contribution in [0.4, 0.5) is 0 Å². The number of aromatic nitrogens is 1. The summed E-state index contributed by atoms with van der Waals surface area (Å²) >= 11 is 0. The predicted octanol–water partition coefficient (Wildman–Crippen LogP) is -0.944. The Hall–Kier alpha value is -1.11. The minimum Gasteiger partial charge on any atom is -2.00 e. The van der Waals surface area contributed by atoms with Gasteiger partial charge in [-0.1, -0.05) is 13.0 Å². The number of hydrogen-bond donors (Lipinski definition) is 1. The molecule has 7 nitrogen and oxygen atoms in total. The van der Waals surface area contributed by atoms with Gasteiger partial charge in [0.15, 0.2) is 5.78 Å². The molecule has 0 aromatic carbocycles.